The minimum absolute atomic E-state index is 0.0117. The summed E-state index contributed by atoms with van der Waals surface area (Å²) in [7, 11) is 0. The predicted molar refractivity (Wildman–Crippen MR) is 101 cm³/mol. The van der Waals surface area contributed by atoms with E-state index in [2.05, 4.69) is 13.2 Å². The van der Waals surface area contributed by atoms with E-state index in [1.54, 1.807) is 6.08 Å². The summed E-state index contributed by atoms with van der Waals surface area (Å²) in [6, 6.07) is 0. The van der Waals surface area contributed by atoms with Crippen LogP contribution >= 0.6 is 0 Å². The van der Waals surface area contributed by atoms with Crippen LogP contribution in [0.4, 0.5) is 0 Å². The fourth-order valence-corrected chi connectivity index (χ4v) is 3.49. The molecule has 1 heterocycles. The van der Waals surface area contributed by atoms with E-state index in [0.29, 0.717) is 6.42 Å². The standard InChI is InChI=1S/C21H26O8/c1-10(2)19(24)29-18-17(27-13(5)22)16-12(4)20(25)28-14(16)9-11(3)7-8-15(23)21(18,6)26/h7-8,11,14,16-18,26H,1,4,9H2,2-3,5-6H3/b8-7+/t11-,14+,16-,17?,18+,21-/m0/s1. The highest BCUT2D eigenvalue weighted by Crippen LogP contribution is 2.40. The first-order valence-corrected chi connectivity index (χ1v) is 9.24. The van der Waals surface area contributed by atoms with Gasteiger partial charge in [-0.25, -0.2) is 9.59 Å². The van der Waals surface area contributed by atoms with Crippen LogP contribution < -0.4 is 0 Å². The van der Waals surface area contributed by atoms with E-state index >= 15 is 0 Å². The zero-order chi connectivity index (χ0) is 22.1. The first-order valence-electron chi connectivity index (χ1n) is 9.24. The third-order valence-corrected chi connectivity index (χ3v) is 5.09. The third-order valence-electron chi connectivity index (χ3n) is 5.09. The highest BCUT2D eigenvalue weighted by Gasteiger charge is 2.55. The Balaban J connectivity index is 2.67. The van der Waals surface area contributed by atoms with Crippen LogP contribution in [-0.4, -0.2) is 52.7 Å². The summed E-state index contributed by atoms with van der Waals surface area (Å²) < 4.78 is 16.2. The van der Waals surface area contributed by atoms with E-state index in [9.17, 15) is 24.3 Å². The number of ketones is 1. The molecule has 0 aromatic heterocycles. The van der Waals surface area contributed by atoms with Crippen LogP contribution in [0.25, 0.3) is 0 Å². The van der Waals surface area contributed by atoms with E-state index in [-0.39, 0.29) is 17.1 Å². The number of carbonyl (C=O) groups excluding carboxylic acids is 4. The van der Waals surface area contributed by atoms with Crippen molar-refractivity contribution in [2.75, 3.05) is 0 Å². The molecule has 1 aliphatic carbocycles. The summed E-state index contributed by atoms with van der Waals surface area (Å²) >= 11 is 0. The molecule has 1 unspecified atom stereocenters. The van der Waals surface area contributed by atoms with Gasteiger partial charge in [-0.2, -0.15) is 0 Å². The molecule has 1 N–H and O–H groups in total. The maximum absolute atomic E-state index is 12.7. The van der Waals surface area contributed by atoms with Gasteiger partial charge in [0.15, 0.2) is 23.6 Å². The molecule has 0 aromatic carbocycles. The van der Waals surface area contributed by atoms with Crippen molar-refractivity contribution in [2.45, 2.75) is 58.0 Å². The molecule has 158 valence electrons. The zero-order valence-electron chi connectivity index (χ0n) is 17.0. The van der Waals surface area contributed by atoms with E-state index in [1.807, 2.05) is 6.92 Å². The van der Waals surface area contributed by atoms with E-state index < -0.39 is 53.5 Å². The fraction of sp³-hybridized carbons (Fsp3) is 0.524. The van der Waals surface area contributed by atoms with Gasteiger partial charge in [0.05, 0.1) is 5.92 Å². The van der Waals surface area contributed by atoms with Crippen molar-refractivity contribution in [1.82, 2.24) is 0 Å². The fourth-order valence-electron chi connectivity index (χ4n) is 3.49. The molecule has 0 bridgehead atoms. The molecular formula is C21H26O8. The maximum Gasteiger partial charge on any atom is 0.334 e. The molecular weight excluding hydrogens is 380 g/mol. The average molecular weight is 406 g/mol. The van der Waals surface area contributed by atoms with Crippen LogP contribution in [0.2, 0.25) is 0 Å². The monoisotopic (exact) mass is 406 g/mol. The number of hydrogen-bond donors (Lipinski definition) is 1. The number of aliphatic hydroxyl groups is 1. The van der Waals surface area contributed by atoms with Crippen LogP contribution in [0.15, 0.2) is 36.5 Å². The molecule has 2 aliphatic rings. The molecule has 8 nitrogen and oxygen atoms in total. The van der Waals surface area contributed by atoms with E-state index in [4.69, 9.17) is 14.2 Å². The van der Waals surface area contributed by atoms with Gasteiger partial charge in [-0.3, -0.25) is 9.59 Å². The normalized spacial score (nSPS) is 35.9. The number of ether oxygens (including phenoxy) is 3. The molecule has 29 heavy (non-hydrogen) atoms. The first-order chi connectivity index (χ1) is 13.4. The molecule has 0 amide bonds. The Morgan fingerprint density at radius 3 is 2.45 bits per heavy atom. The number of hydrogen-bond acceptors (Lipinski definition) is 8. The Labute approximate surface area is 169 Å². The Hall–Kier alpha value is -2.74. The van der Waals surface area contributed by atoms with Crippen molar-refractivity contribution >= 4 is 23.7 Å². The average Bonchev–Trinajstić information content (AvgIpc) is 2.88. The van der Waals surface area contributed by atoms with Crippen molar-refractivity contribution < 1.29 is 38.5 Å². The van der Waals surface area contributed by atoms with Gasteiger partial charge in [0.1, 0.15) is 6.10 Å². The molecule has 1 aliphatic heterocycles. The van der Waals surface area contributed by atoms with Crippen LogP contribution in [0.5, 0.6) is 0 Å². The summed E-state index contributed by atoms with van der Waals surface area (Å²) in [6.45, 7) is 12.7. The lowest BCUT2D eigenvalue weighted by Gasteiger charge is -2.39. The molecule has 1 fully saturated rings. The molecule has 0 aromatic rings. The smallest absolute Gasteiger partial charge is 0.334 e. The summed E-state index contributed by atoms with van der Waals surface area (Å²) in [4.78, 5) is 49.0. The van der Waals surface area contributed by atoms with Crippen LogP contribution in [0.1, 0.15) is 34.1 Å². The lowest BCUT2D eigenvalue weighted by atomic mass is 9.77. The number of rotatable bonds is 3. The van der Waals surface area contributed by atoms with Gasteiger partial charge in [0.25, 0.3) is 0 Å². The Bertz CT molecular complexity index is 791. The van der Waals surface area contributed by atoms with Gasteiger partial charge in [-0.1, -0.05) is 26.2 Å². The number of esters is 3. The predicted octanol–water partition coefficient (Wildman–Crippen LogP) is 1.42. The maximum atomic E-state index is 12.7. The van der Waals surface area contributed by atoms with Gasteiger partial charge >= 0.3 is 17.9 Å². The molecule has 0 spiro atoms. The SMILES string of the molecule is C=C(C)C(=O)O[C@@H]1C(OC(C)=O)[C@H]2C(=C)C(=O)O[C@@H]2C[C@@H](C)/C=C/C(=O)[C@]1(C)O. The number of allylic oxidation sites excluding steroid dienone is 1. The molecule has 1 saturated heterocycles. The summed E-state index contributed by atoms with van der Waals surface area (Å²) in [5.41, 5.74) is -2.22. The first kappa shape index (κ1) is 22.5. The van der Waals surface area contributed by atoms with Crippen molar-refractivity contribution in [2.24, 2.45) is 11.8 Å². The van der Waals surface area contributed by atoms with Crippen LogP contribution in [-0.2, 0) is 33.4 Å². The van der Waals surface area contributed by atoms with Gasteiger partial charge in [-0.15, -0.1) is 0 Å². The quantitative estimate of drug-likeness (QED) is 0.425. The lowest BCUT2D eigenvalue weighted by Crippen LogP contribution is -2.58. The van der Waals surface area contributed by atoms with Crippen LogP contribution in [0, 0.1) is 11.8 Å². The molecule has 2 rings (SSSR count). The molecule has 6 atom stereocenters. The summed E-state index contributed by atoms with van der Waals surface area (Å²) in [5, 5.41) is 11.0. The van der Waals surface area contributed by atoms with Crippen LogP contribution in [0.3, 0.4) is 0 Å². The second kappa shape index (κ2) is 8.32. The second-order valence-electron chi connectivity index (χ2n) is 7.76. The third kappa shape index (κ3) is 4.64. The highest BCUT2D eigenvalue weighted by atomic mass is 16.6. The van der Waals surface area contributed by atoms with Crippen molar-refractivity contribution in [3.05, 3.63) is 36.5 Å². The van der Waals surface area contributed by atoms with Crippen molar-refractivity contribution in [3.8, 4) is 0 Å². The van der Waals surface area contributed by atoms with E-state index in [1.165, 1.54) is 13.0 Å². The Morgan fingerprint density at radius 1 is 1.28 bits per heavy atom. The number of fused-ring (bicyclic) bond motifs is 1. The minimum Gasteiger partial charge on any atom is -0.458 e. The molecule has 8 heteroatoms. The summed E-state index contributed by atoms with van der Waals surface area (Å²) in [5.74, 6) is -4.15. The summed E-state index contributed by atoms with van der Waals surface area (Å²) in [6.07, 6.45) is -0.665. The van der Waals surface area contributed by atoms with E-state index in [0.717, 1.165) is 13.8 Å². The number of carbonyl (C=O) groups is 4. The van der Waals surface area contributed by atoms with Gasteiger partial charge in [0, 0.05) is 18.1 Å². The lowest BCUT2D eigenvalue weighted by molar-refractivity contribution is -0.194. The second-order valence-corrected chi connectivity index (χ2v) is 7.76. The zero-order valence-corrected chi connectivity index (χ0v) is 17.0. The Kier molecular flexibility index (Phi) is 6.47. The minimum atomic E-state index is -2.25. The van der Waals surface area contributed by atoms with Gasteiger partial charge in [-0.05, 0) is 32.3 Å². The Morgan fingerprint density at radius 2 is 1.90 bits per heavy atom. The topological polar surface area (TPSA) is 116 Å². The van der Waals surface area contributed by atoms with Gasteiger partial charge < -0.3 is 19.3 Å². The van der Waals surface area contributed by atoms with Crippen molar-refractivity contribution in [3.63, 3.8) is 0 Å². The largest absolute Gasteiger partial charge is 0.458 e. The molecule has 0 radical (unpaired) electrons. The van der Waals surface area contributed by atoms with Crippen molar-refractivity contribution in [1.29, 1.82) is 0 Å². The molecule has 0 saturated carbocycles. The highest BCUT2D eigenvalue weighted by molar-refractivity contribution is 5.98. The van der Waals surface area contributed by atoms with Gasteiger partial charge in [0.2, 0.25) is 0 Å².